The summed E-state index contributed by atoms with van der Waals surface area (Å²) in [5.74, 6) is 0.167. The summed E-state index contributed by atoms with van der Waals surface area (Å²) < 4.78 is 15.6. The molecule has 2 unspecified atom stereocenters. The van der Waals surface area contributed by atoms with Gasteiger partial charge in [-0.05, 0) is 6.42 Å². The molecule has 0 aromatic heterocycles. The van der Waals surface area contributed by atoms with E-state index in [1.807, 2.05) is 0 Å². The van der Waals surface area contributed by atoms with Gasteiger partial charge in [0.25, 0.3) is 0 Å². The third-order valence-electron chi connectivity index (χ3n) is 2.69. The quantitative estimate of drug-likeness (QED) is 0.646. The minimum Gasteiger partial charge on any atom is -0.464 e. The molecule has 0 spiro atoms. The molecule has 0 radical (unpaired) electrons. The molecule has 2 atom stereocenters. The smallest absolute Gasteiger partial charge is 0.325 e. The monoisotopic (exact) mass is 215 g/mol. The second-order valence-electron chi connectivity index (χ2n) is 3.94. The third-order valence-corrected chi connectivity index (χ3v) is 2.69. The van der Waals surface area contributed by atoms with Crippen molar-refractivity contribution < 1.29 is 19.0 Å². The Balaban J connectivity index is 1.66. The summed E-state index contributed by atoms with van der Waals surface area (Å²) in [6, 6.07) is -0.291. The Labute approximate surface area is 89.1 Å². The van der Waals surface area contributed by atoms with Crippen molar-refractivity contribution in [3.05, 3.63) is 0 Å². The maximum Gasteiger partial charge on any atom is 0.325 e. The molecule has 5 nitrogen and oxygen atoms in total. The molecule has 0 aromatic carbocycles. The van der Waals surface area contributed by atoms with Gasteiger partial charge >= 0.3 is 5.97 Å². The minimum atomic E-state index is -0.291. The topological polar surface area (TPSA) is 56.8 Å². The standard InChI is InChI=1S/C10H17NO4/c12-10(9-7-14-4-2-11-9)15-6-8-1-3-13-5-8/h8-9,11H,1-7H2. The lowest BCUT2D eigenvalue weighted by molar-refractivity contribution is -0.150. The normalized spacial score (nSPS) is 31.5. The number of ether oxygens (including phenoxy) is 3. The van der Waals surface area contributed by atoms with Crippen molar-refractivity contribution in [1.29, 1.82) is 0 Å². The van der Waals surface area contributed by atoms with E-state index < -0.39 is 0 Å². The maximum atomic E-state index is 11.5. The van der Waals surface area contributed by atoms with E-state index in [0.29, 0.717) is 38.9 Å². The van der Waals surface area contributed by atoms with E-state index in [9.17, 15) is 4.79 Å². The molecule has 0 bridgehead atoms. The zero-order valence-electron chi connectivity index (χ0n) is 8.74. The third kappa shape index (κ3) is 3.15. The molecule has 5 heteroatoms. The van der Waals surface area contributed by atoms with Crippen molar-refractivity contribution in [1.82, 2.24) is 5.32 Å². The van der Waals surface area contributed by atoms with Gasteiger partial charge in [-0.3, -0.25) is 4.79 Å². The van der Waals surface area contributed by atoms with Crippen LogP contribution in [-0.2, 0) is 19.0 Å². The molecule has 0 amide bonds. The lowest BCUT2D eigenvalue weighted by atomic mass is 10.1. The van der Waals surface area contributed by atoms with Crippen LogP contribution in [0.25, 0.3) is 0 Å². The number of carbonyl (C=O) groups excluding carboxylic acids is 1. The molecule has 1 N–H and O–H groups in total. The molecular formula is C10H17NO4. The van der Waals surface area contributed by atoms with Crippen LogP contribution in [0, 0.1) is 5.92 Å². The first-order valence-electron chi connectivity index (χ1n) is 5.42. The second kappa shape index (κ2) is 5.44. The summed E-state index contributed by atoms with van der Waals surface area (Å²) in [5.41, 5.74) is 0. The van der Waals surface area contributed by atoms with Gasteiger partial charge in [-0.1, -0.05) is 0 Å². The van der Waals surface area contributed by atoms with Gasteiger partial charge in [-0.25, -0.2) is 0 Å². The fraction of sp³-hybridized carbons (Fsp3) is 0.900. The van der Waals surface area contributed by atoms with Gasteiger partial charge in [0.05, 0.1) is 26.4 Å². The molecule has 0 saturated carbocycles. The second-order valence-corrected chi connectivity index (χ2v) is 3.94. The molecule has 0 aliphatic carbocycles. The molecule has 2 heterocycles. The van der Waals surface area contributed by atoms with E-state index in [1.165, 1.54) is 0 Å². The summed E-state index contributed by atoms with van der Waals surface area (Å²) in [6.45, 7) is 3.76. The van der Waals surface area contributed by atoms with Crippen LogP contribution in [0.4, 0.5) is 0 Å². The number of nitrogens with one attached hydrogen (secondary N) is 1. The first kappa shape index (κ1) is 10.9. The van der Waals surface area contributed by atoms with E-state index in [1.54, 1.807) is 0 Å². The van der Waals surface area contributed by atoms with E-state index in [4.69, 9.17) is 14.2 Å². The summed E-state index contributed by atoms with van der Waals surface area (Å²) in [5, 5.41) is 3.06. The van der Waals surface area contributed by atoms with Crippen molar-refractivity contribution in [2.24, 2.45) is 5.92 Å². The Bertz CT molecular complexity index is 209. The van der Waals surface area contributed by atoms with Gasteiger partial charge in [-0.15, -0.1) is 0 Å². The lowest BCUT2D eigenvalue weighted by Crippen LogP contribution is -2.47. The van der Waals surface area contributed by atoms with Crippen LogP contribution in [0.15, 0.2) is 0 Å². The minimum absolute atomic E-state index is 0.207. The average Bonchev–Trinajstić information content (AvgIpc) is 2.80. The van der Waals surface area contributed by atoms with Crippen LogP contribution < -0.4 is 5.32 Å². The Hall–Kier alpha value is -0.650. The molecule has 15 heavy (non-hydrogen) atoms. The highest BCUT2D eigenvalue weighted by Gasteiger charge is 2.24. The molecule has 2 saturated heterocycles. The number of rotatable bonds is 3. The summed E-state index contributed by atoms with van der Waals surface area (Å²) in [7, 11) is 0. The average molecular weight is 215 g/mol. The number of carbonyl (C=O) groups is 1. The Morgan fingerprint density at radius 2 is 2.20 bits per heavy atom. The molecule has 2 fully saturated rings. The summed E-state index contributed by atoms with van der Waals surface area (Å²) in [6.07, 6.45) is 0.988. The van der Waals surface area contributed by atoms with Crippen LogP contribution in [0.2, 0.25) is 0 Å². The van der Waals surface area contributed by atoms with Gasteiger partial charge in [0, 0.05) is 19.1 Å². The molecule has 0 aromatic rings. The van der Waals surface area contributed by atoms with Crippen LogP contribution in [0.3, 0.4) is 0 Å². The zero-order chi connectivity index (χ0) is 10.5. The zero-order valence-corrected chi connectivity index (χ0v) is 8.74. The van der Waals surface area contributed by atoms with Crippen LogP contribution in [0.5, 0.6) is 0 Å². The van der Waals surface area contributed by atoms with Gasteiger partial charge in [0.1, 0.15) is 6.04 Å². The van der Waals surface area contributed by atoms with E-state index in [0.717, 1.165) is 13.0 Å². The molecule has 2 aliphatic heterocycles. The Morgan fingerprint density at radius 3 is 2.87 bits per heavy atom. The van der Waals surface area contributed by atoms with Crippen molar-refractivity contribution in [2.45, 2.75) is 12.5 Å². The first-order chi connectivity index (χ1) is 7.36. The van der Waals surface area contributed by atoms with Gasteiger partial charge in [0.15, 0.2) is 0 Å². The summed E-state index contributed by atoms with van der Waals surface area (Å²) >= 11 is 0. The summed E-state index contributed by atoms with van der Waals surface area (Å²) in [4.78, 5) is 11.5. The van der Waals surface area contributed by atoms with Crippen LogP contribution >= 0.6 is 0 Å². The molecule has 2 aliphatic rings. The van der Waals surface area contributed by atoms with Crippen molar-refractivity contribution in [3.63, 3.8) is 0 Å². The van der Waals surface area contributed by atoms with Gasteiger partial charge in [0.2, 0.25) is 0 Å². The van der Waals surface area contributed by atoms with Crippen molar-refractivity contribution >= 4 is 5.97 Å². The van der Waals surface area contributed by atoms with E-state index in [2.05, 4.69) is 5.32 Å². The predicted octanol–water partition coefficient (Wildman–Crippen LogP) is -0.445. The molecule has 86 valence electrons. The Morgan fingerprint density at radius 1 is 1.33 bits per heavy atom. The van der Waals surface area contributed by atoms with Gasteiger partial charge < -0.3 is 19.5 Å². The number of esters is 1. The molecular weight excluding hydrogens is 198 g/mol. The lowest BCUT2D eigenvalue weighted by Gasteiger charge is -2.22. The first-order valence-corrected chi connectivity index (χ1v) is 5.42. The Kier molecular flexibility index (Phi) is 3.94. The highest BCUT2D eigenvalue weighted by molar-refractivity contribution is 5.76. The van der Waals surface area contributed by atoms with E-state index >= 15 is 0 Å². The number of hydrogen-bond donors (Lipinski definition) is 1. The largest absolute Gasteiger partial charge is 0.464 e. The number of hydrogen-bond acceptors (Lipinski definition) is 5. The van der Waals surface area contributed by atoms with Gasteiger partial charge in [-0.2, -0.15) is 0 Å². The highest BCUT2D eigenvalue weighted by atomic mass is 16.5. The fourth-order valence-electron chi connectivity index (χ4n) is 1.73. The maximum absolute atomic E-state index is 11.5. The van der Waals surface area contributed by atoms with Crippen molar-refractivity contribution in [2.75, 3.05) is 39.6 Å². The van der Waals surface area contributed by atoms with Crippen LogP contribution in [-0.4, -0.2) is 51.6 Å². The predicted molar refractivity (Wildman–Crippen MR) is 52.5 cm³/mol. The highest BCUT2D eigenvalue weighted by Crippen LogP contribution is 2.12. The van der Waals surface area contributed by atoms with Crippen molar-refractivity contribution in [3.8, 4) is 0 Å². The van der Waals surface area contributed by atoms with Crippen LogP contribution in [0.1, 0.15) is 6.42 Å². The molecule has 2 rings (SSSR count). The SMILES string of the molecule is O=C(OCC1CCOC1)C1COCCN1. The number of morpholine rings is 1. The van der Waals surface area contributed by atoms with E-state index in [-0.39, 0.29) is 12.0 Å². The fourth-order valence-corrected chi connectivity index (χ4v) is 1.73.